The van der Waals surface area contributed by atoms with Gasteiger partial charge in [0.2, 0.25) is 0 Å². The monoisotopic (exact) mass is 440 g/mol. The van der Waals surface area contributed by atoms with E-state index in [9.17, 15) is 0 Å². The number of unbranched alkanes of at least 4 members (excludes halogenated alkanes) is 1. The van der Waals surface area contributed by atoms with E-state index in [1.165, 1.54) is 44.8 Å². The van der Waals surface area contributed by atoms with Crippen molar-refractivity contribution in [3.8, 4) is 0 Å². The van der Waals surface area contributed by atoms with E-state index in [-0.39, 0.29) is 0 Å². The van der Waals surface area contributed by atoms with E-state index in [1.54, 1.807) is 0 Å². The Morgan fingerprint density at radius 3 is 1.15 bits per heavy atom. The minimum absolute atomic E-state index is 0.556. The summed E-state index contributed by atoms with van der Waals surface area (Å²) in [5.41, 5.74) is 10.1. The standard InChI is InChI=1S/C22H30N2.2ClH.Ti/c1-15-11-17(3)21(18(4)12-15)23-9-7-8-10-24-22-19(5)13-16(2)14-20(22)6;;;/h11-14H,7-10H2,1-6H3;2*1H;/q-2;;;+2/p-2. The van der Waals surface area contributed by atoms with Crippen LogP contribution < -0.4 is 0 Å². The number of halogens is 2. The predicted molar refractivity (Wildman–Crippen MR) is 118 cm³/mol. The Hall–Kier alpha value is -0.666. The summed E-state index contributed by atoms with van der Waals surface area (Å²) in [6.45, 7) is 14.6. The topological polar surface area (TPSA) is 28.2 Å². The molecule has 0 aliphatic carbocycles. The molecule has 27 heavy (non-hydrogen) atoms. The third kappa shape index (κ3) is 8.48. The number of hydrogen-bond donors (Lipinski definition) is 0. The first-order valence-electron chi connectivity index (χ1n) is 9.27. The Morgan fingerprint density at radius 2 is 0.889 bits per heavy atom. The summed E-state index contributed by atoms with van der Waals surface area (Å²) in [6.07, 6.45) is 2.17. The van der Waals surface area contributed by atoms with Crippen molar-refractivity contribution in [3.63, 3.8) is 0 Å². The van der Waals surface area contributed by atoms with E-state index in [0.29, 0.717) is 0 Å². The Balaban J connectivity index is 0.00000114. The molecule has 0 bridgehead atoms. The van der Waals surface area contributed by atoms with Gasteiger partial charge in [-0.1, -0.05) is 70.5 Å². The van der Waals surface area contributed by atoms with Crippen LogP contribution >= 0.6 is 18.6 Å². The summed E-state index contributed by atoms with van der Waals surface area (Å²) in [7, 11) is 9.78. The molecule has 2 nitrogen and oxygen atoms in total. The zero-order valence-electron chi connectivity index (χ0n) is 17.3. The first-order chi connectivity index (χ1) is 12.8. The minimum atomic E-state index is -0.556. The van der Waals surface area contributed by atoms with Crippen molar-refractivity contribution in [2.75, 3.05) is 13.1 Å². The number of nitrogens with zero attached hydrogens (tertiary/aromatic N) is 2. The summed E-state index contributed by atoms with van der Waals surface area (Å²) in [5, 5.41) is 9.59. The van der Waals surface area contributed by atoms with E-state index in [4.69, 9.17) is 29.2 Å². The molecule has 148 valence electrons. The van der Waals surface area contributed by atoms with Crippen LogP contribution in [0.5, 0.6) is 0 Å². The van der Waals surface area contributed by atoms with Gasteiger partial charge in [-0.3, -0.25) is 0 Å². The number of aryl methyl sites for hydroxylation is 6. The fraction of sp³-hybridized carbons (Fsp3) is 0.455. The van der Waals surface area contributed by atoms with Crippen LogP contribution in [0.25, 0.3) is 10.6 Å². The van der Waals surface area contributed by atoms with Gasteiger partial charge < -0.3 is 10.6 Å². The SMILES string of the molecule is Cc1cc(C)c([N-]CCCC[N-]c2c(C)cc(C)cc2C)c(C)c1.[Cl][Ti][Cl]. The molecule has 2 aromatic rings. The fourth-order valence-electron chi connectivity index (χ4n) is 3.45. The van der Waals surface area contributed by atoms with Gasteiger partial charge in [0.15, 0.2) is 0 Å². The molecule has 0 aliphatic rings. The van der Waals surface area contributed by atoms with Crippen molar-refractivity contribution in [2.45, 2.75) is 54.4 Å². The molecule has 0 amide bonds. The first-order valence-corrected chi connectivity index (χ1v) is 13.6. The summed E-state index contributed by atoms with van der Waals surface area (Å²) in [4.78, 5) is 0. The van der Waals surface area contributed by atoms with Gasteiger partial charge in [0.1, 0.15) is 0 Å². The zero-order valence-corrected chi connectivity index (χ0v) is 20.4. The molecule has 0 aromatic heterocycles. The Labute approximate surface area is 182 Å². The van der Waals surface area contributed by atoms with E-state index < -0.39 is 17.0 Å². The summed E-state index contributed by atoms with van der Waals surface area (Å²) in [6, 6.07) is 8.85. The van der Waals surface area contributed by atoms with Gasteiger partial charge in [0.25, 0.3) is 0 Å². The second kappa shape index (κ2) is 12.7. The average molecular weight is 441 g/mol. The number of hydrogen-bond acceptors (Lipinski definition) is 0. The van der Waals surface area contributed by atoms with E-state index in [0.717, 1.165) is 25.9 Å². The third-order valence-corrected chi connectivity index (χ3v) is 4.38. The first kappa shape index (κ1) is 24.4. The van der Waals surface area contributed by atoms with Crippen LogP contribution in [-0.2, 0) is 17.0 Å². The average Bonchev–Trinajstić information content (AvgIpc) is 2.55. The molecule has 0 saturated carbocycles. The molecular formula is C22H30Cl2N2Ti-2. The van der Waals surface area contributed by atoms with Gasteiger partial charge in [0, 0.05) is 0 Å². The molecule has 0 heterocycles. The summed E-state index contributed by atoms with van der Waals surface area (Å²) < 4.78 is 0. The third-order valence-electron chi connectivity index (χ3n) is 4.38. The molecule has 0 atom stereocenters. The fourth-order valence-corrected chi connectivity index (χ4v) is 3.45. The van der Waals surface area contributed by atoms with Crippen LogP contribution in [-0.4, -0.2) is 13.1 Å². The van der Waals surface area contributed by atoms with Gasteiger partial charge in [-0.2, -0.15) is 0 Å². The molecule has 0 N–H and O–H groups in total. The maximum absolute atomic E-state index is 4.89. The van der Waals surface area contributed by atoms with Crippen molar-refractivity contribution in [1.29, 1.82) is 0 Å². The van der Waals surface area contributed by atoms with Crippen molar-refractivity contribution in [2.24, 2.45) is 0 Å². The normalized spacial score (nSPS) is 10.1. The van der Waals surface area contributed by atoms with Crippen LogP contribution in [0.1, 0.15) is 46.2 Å². The second-order valence-corrected chi connectivity index (χ2v) is 9.62. The number of rotatable bonds is 7. The summed E-state index contributed by atoms with van der Waals surface area (Å²) >= 11 is -0.556. The van der Waals surface area contributed by atoms with Crippen molar-refractivity contribution >= 4 is 30.0 Å². The second-order valence-electron chi connectivity index (χ2n) is 7.04. The molecule has 2 rings (SSSR count). The predicted octanol–water partition coefficient (Wildman–Crippen LogP) is 8.40. The van der Waals surface area contributed by atoms with Crippen LogP contribution in [0, 0.1) is 41.5 Å². The van der Waals surface area contributed by atoms with Gasteiger partial charge in [-0.15, -0.1) is 24.5 Å². The molecule has 0 saturated heterocycles. The molecular weight excluding hydrogens is 411 g/mol. The van der Waals surface area contributed by atoms with Gasteiger partial charge in [-0.05, 0) is 41.5 Å². The number of benzene rings is 2. The van der Waals surface area contributed by atoms with E-state index in [2.05, 4.69) is 65.8 Å². The molecule has 0 unspecified atom stereocenters. The Kier molecular flexibility index (Phi) is 11.5. The van der Waals surface area contributed by atoms with Gasteiger partial charge in [0.05, 0.1) is 0 Å². The van der Waals surface area contributed by atoms with Crippen LogP contribution in [0.2, 0.25) is 0 Å². The Bertz CT molecular complexity index is 625. The molecule has 0 aliphatic heterocycles. The quantitative estimate of drug-likeness (QED) is 0.305. The molecule has 0 fully saturated rings. The summed E-state index contributed by atoms with van der Waals surface area (Å²) in [5.74, 6) is 0. The Morgan fingerprint density at radius 1 is 0.630 bits per heavy atom. The van der Waals surface area contributed by atoms with Gasteiger partial charge >= 0.3 is 35.6 Å². The molecule has 5 heteroatoms. The van der Waals surface area contributed by atoms with Crippen molar-refractivity contribution < 1.29 is 17.0 Å². The molecule has 2 aromatic carbocycles. The van der Waals surface area contributed by atoms with Crippen molar-refractivity contribution in [3.05, 3.63) is 68.3 Å². The van der Waals surface area contributed by atoms with E-state index in [1.807, 2.05) is 0 Å². The van der Waals surface area contributed by atoms with Crippen molar-refractivity contribution in [1.82, 2.24) is 0 Å². The van der Waals surface area contributed by atoms with E-state index >= 15 is 0 Å². The molecule has 0 spiro atoms. The molecule has 0 radical (unpaired) electrons. The van der Waals surface area contributed by atoms with Crippen LogP contribution in [0.4, 0.5) is 11.4 Å². The van der Waals surface area contributed by atoms with Crippen LogP contribution in [0.3, 0.4) is 0 Å². The van der Waals surface area contributed by atoms with Crippen LogP contribution in [0.15, 0.2) is 24.3 Å². The maximum atomic E-state index is 4.89. The van der Waals surface area contributed by atoms with Gasteiger partial charge in [-0.25, -0.2) is 0 Å². The zero-order chi connectivity index (χ0) is 20.4.